The fourth-order valence-corrected chi connectivity index (χ4v) is 2.45. The van der Waals surface area contributed by atoms with Crippen LogP contribution in [0.1, 0.15) is 27.2 Å². The van der Waals surface area contributed by atoms with Crippen LogP contribution in [0.25, 0.3) is 0 Å². The van der Waals surface area contributed by atoms with E-state index in [0.717, 1.165) is 12.2 Å². The van der Waals surface area contributed by atoms with Crippen molar-refractivity contribution in [3.63, 3.8) is 0 Å². The van der Waals surface area contributed by atoms with Crippen LogP contribution < -0.4 is 0 Å². The first-order valence-corrected chi connectivity index (χ1v) is 5.60. The SMILES string of the molecule is CC(C)=CCSC1CC(C)OC1=O. The lowest BCUT2D eigenvalue weighted by Gasteiger charge is -2.01. The molecule has 0 aromatic rings. The molecule has 0 N–H and O–H groups in total. The van der Waals surface area contributed by atoms with Crippen LogP contribution in [0.5, 0.6) is 0 Å². The zero-order valence-electron chi connectivity index (χ0n) is 8.37. The van der Waals surface area contributed by atoms with Crippen molar-refractivity contribution in [1.29, 1.82) is 0 Å². The number of ether oxygens (including phenoxy) is 1. The van der Waals surface area contributed by atoms with E-state index < -0.39 is 0 Å². The summed E-state index contributed by atoms with van der Waals surface area (Å²) >= 11 is 1.67. The molecule has 3 heteroatoms. The summed E-state index contributed by atoms with van der Waals surface area (Å²) in [7, 11) is 0. The van der Waals surface area contributed by atoms with Gasteiger partial charge in [-0.3, -0.25) is 4.79 Å². The molecule has 1 rings (SSSR count). The number of carbonyl (C=O) groups excluding carboxylic acids is 1. The first-order valence-electron chi connectivity index (χ1n) is 4.55. The monoisotopic (exact) mass is 200 g/mol. The van der Waals surface area contributed by atoms with Gasteiger partial charge in [0.2, 0.25) is 0 Å². The smallest absolute Gasteiger partial charge is 0.319 e. The summed E-state index contributed by atoms with van der Waals surface area (Å²) in [5.41, 5.74) is 1.30. The van der Waals surface area contributed by atoms with Crippen molar-refractivity contribution >= 4 is 17.7 Å². The maximum Gasteiger partial charge on any atom is 0.319 e. The number of hydrogen-bond acceptors (Lipinski definition) is 3. The number of hydrogen-bond donors (Lipinski definition) is 0. The molecule has 0 bridgehead atoms. The Labute approximate surface area is 83.7 Å². The summed E-state index contributed by atoms with van der Waals surface area (Å²) in [6.07, 6.45) is 3.11. The standard InChI is InChI=1S/C10H16O2S/c1-7(2)4-5-13-9-6-8(3)12-10(9)11/h4,8-9H,5-6H2,1-3H3. The molecule has 13 heavy (non-hydrogen) atoms. The Morgan fingerprint density at radius 3 is 2.85 bits per heavy atom. The summed E-state index contributed by atoms with van der Waals surface area (Å²) in [5, 5.41) is 0.0607. The van der Waals surface area contributed by atoms with E-state index in [1.807, 2.05) is 6.92 Å². The molecule has 74 valence electrons. The Kier molecular flexibility index (Phi) is 3.85. The molecular formula is C10H16O2S. The van der Waals surface area contributed by atoms with Gasteiger partial charge in [0.25, 0.3) is 0 Å². The minimum absolute atomic E-state index is 0.0420. The minimum atomic E-state index is -0.0420. The summed E-state index contributed by atoms with van der Waals surface area (Å²) in [5.74, 6) is 0.870. The third kappa shape index (κ3) is 3.43. The molecule has 2 nitrogen and oxygen atoms in total. The third-order valence-corrected chi connectivity index (χ3v) is 3.06. The van der Waals surface area contributed by atoms with Crippen molar-refractivity contribution < 1.29 is 9.53 Å². The van der Waals surface area contributed by atoms with E-state index in [4.69, 9.17) is 4.74 Å². The van der Waals surface area contributed by atoms with Crippen LogP contribution >= 0.6 is 11.8 Å². The lowest BCUT2D eigenvalue weighted by atomic mass is 10.3. The number of thioether (sulfide) groups is 1. The maximum atomic E-state index is 11.2. The Bertz CT molecular complexity index is 219. The van der Waals surface area contributed by atoms with Gasteiger partial charge in [0.05, 0.1) is 0 Å². The first-order chi connectivity index (χ1) is 6.09. The van der Waals surface area contributed by atoms with Gasteiger partial charge < -0.3 is 4.74 Å². The van der Waals surface area contributed by atoms with E-state index in [-0.39, 0.29) is 17.3 Å². The normalized spacial score (nSPS) is 27.2. The predicted octanol–water partition coefficient (Wildman–Crippen LogP) is 2.39. The van der Waals surface area contributed by atoms with E-state index in [1.54, 1.807) is 11.8 Å². The minimum Gasteiger partial charge on any atom is -0.462 e. The van der Waals surface area contributed by atoms with Crippen molar-refractivity contribution in [2.75, 3.05) is 5.75 Å². The van der Waals surface area contributed by atoms with Crippen molar-refractivity contribution in [2.24, 2.45) is 0 Å². The van der Waals surface area contributed by atoms with Crippen molar-refractivity contribution in [2.45, 2.75) is 38.5 Å². The van der Waals surface area contributed by atoms with E-state index in [9.17, 15) is 4.79 Å². The molecule has 0 radical (unpaired) electrons. The molecule has 1 aliphatic rings. The lowest BCUT2D eigenvalue weighted by Crippen LogP contribution is -2.09. The molecule has 1 aliphatic heterocycles. The third-order valence-electron chi connectivity index (χ3n) is 1.92. The fourth-order valence-electron chi connectivity index (χ4n) is 1.19. The largest absolute Gasteiger partial charge is 0.462 e. The second-order valence-electron chi connectivity index (χ2n) is 3.59. The van der Waals surface area contributed by atoms with Crippen molar-refractivity contribution in [3.8, 4) is 0 Å². The van der Waals surface area contributed by atoms with Gasteiger partial charge in [-0.2, -0.15) is 0 Å². The van der Waals surface area contributed by atoms with Crippen LogP contribution in [0.15, 0.2) is 11.6 Å². The summed E-state index contributed by atoms with van der Waals surface area (Å²) in [6.45, 7) is 6.08. The number of allylic oxidation sites excluding steroid dienone is 1. The van der Waals surface area contributed by atoms with Crippen LogP contribution in [0.2, 0.25) is 0 Å². The summed E-state index contributed by atoms with van der Waals surface area (Å²) in [6, 6.07) is 0. The Hall–Kier alpha value is -0.440. The Morgan fingerprint density at radius 1 is 1.69 bits per heavy atom. The molecule has 0 aliphatic carbocycles. The van der Waals surface area contributed by atoms with Gasteiger partial charge >= 0.3 is 5.97 Å². The summed E-state index contributed by atoms with van der Waals surface area (Å²) < 4.78 is 5.05. The highest BCUT2D eigenvalue weighted by Crippen LogP contribution is 2.26. The van der Waals surface area contributed by atoms with Crippen LogP contribution in [0.4, 0.5) is 0 Å². The van der Waals surface area contributed by atoms with E-state index >= 15 is 0 Å². The van der Waals surface area contributed by atoms with E-state index in [2.05, 4.69) is 19.9 Å². The molecule has 0 aromatic heterocycles. The van der Waals surface area contributed by atoms with E-state index in [1.165, 1.54) is 5.57 Å². The van der Waals surface area contributed by atoms with Gasteiger partial charge in [-0.15, -0.1) is 11.8 Å². The fraction of sp³-hybridized carbons (Fsp3) is 0.700. The molecule has 0 saturated carbocycles. The van der Waals surface area contributed by atoms with Crippen LogP contribution in [0, 0.1) is 0 Å². The highest BCUT2D eigenvalue weighted by atomic mass is 32.2. The maximum absolute atomic E-state index is 11.2. The lowest BCUT2D eigenvalue weighted by molar-refractivity contribution is -0.140. The highest BCUT2D eigenvalue weighted by Gasteiger charge is 2.31. The molecule has 0 amide bonds. The van der Waals surface area contributed by atoms with Crippen molar-refractivity contribution in [1.82, 2.24) is 0 Å². The van der Waals surface area contributed by atoms with Crippen molar-refractivity contribution in [3.05, 3.63) is 11.6 Å². The quantitative estimate of drug-likeness (QED) is 0.517. The molecule has 1 fully saturated rings. The predicted molar refractivity (Wildman–Crippen MR) is 55.8 cm³/mol. The van der Waals surface area contributed by atoms with Crippen LogP contribution in [0.3, 0.4) is 0 Å². The topological polar surface area (TPSA) is 26.3 Å². The molecule has 0 aromatic carbocycles. The Morgan fingerprint density at radius 2 is 2.38 bits per heavy atom. The van der Waals surface area contributed by atoms with Gasteiger partial charge in [0, 0.05) is 12.2 Å². The second kappa shape index (κ2) is 4.70. The zero-order valence-corrected chi connectivity index (χ0v) is 9.19. The highest BCUT2D eigenvalue weighted by molar-refractivity contribution is 8.00. The average Bonchev–Trinajstić information content (AvgIpc) is 2.29. The molecule has 0 spiro atoms. The first kappa shape index (κ1) is 10.6. The molecule has 1 saturated heterocycles. The summed E-state index contributed by atoms with van der Waals surface area (Å²) in [4.78, 5) is 11.2. The van der Waals surface area contributed by atoms with Gasteiger partial charge in [-0.25, -0.2) is 0 Å². The van der Waals surface area contributed by atoms with Gasteiger partial charge in [0.15, 0.2) is 0 Å². The molecular weight excluding hydrogens is 184 g/mol. The molecule has 2 unspecified atom stereocenters. The van der Waals surface area contributed by atoms with Crippen LogP contribution in [-0.2, 0) is 9.53 Å². The number of carbonyl (C=O) groups is 1. The average molecular weight is 200 g/mol. The van der Waals surface area contributed by atoms with Gasteiger partial charge in [0.1, 0.15) is 11.4 Å². The van der Waals surface area contributed by atoms with Gasteiger partial charge in [-0.1, -0.05) is 11.6 Å². The Balaban J connectivity index is 2.30. The number of rotatable bonds is 3. The second-order valence-corrected chi connectivity index (χ2v) is 4.82. The zero-order chi connectivity index (χ0) is 9.84. The number of esters is 1. The van der Waals surface area contributed by atoms with Crippen LogP contribution in [-0.4, -0.2) is 23.1 Å². The molecule has 1 heterocycles. The van der Waals surface area contributed by atoms with E-state index in [0.29, 0.717) is 0 Å². The number of cyclic esters (lactones) is 1. The molecule has 2 atom stereocenters. The van der Waals surface area contributed by atoms with Gasteiger partial charge in [-0.05, 0) is 20.8 Å².